The quantitative estimate of drug-likeness (QED) is 0.740. The zero-order chi connectivity index (χ0) is 10.7. The molecule has 2 heteroatoms. The Balaban J connectivity index is 2.33. The molecular weight excluding hydrogens is 184 g/mol. The van der Waals surface area contributed by atoms with Gasteiger partial charge in [0.1, 0.15) is 5.65 Å². The highest BCUT2D eigenvalue weighted by Gasteiger charge is 2.08. The van der Waals surface area contributed by atoms with E-state index in [9.17, 15) is 0 Å². The predicted octanol–water partition coefficient (Wildman–Crippen LogP) is 3.63. The first-order valence-corrected chi connectivity index (χ1v) is 5.77. The third-order valence-corrected chi connectivity index (χ3v) is 3.02. The van der Waals surface area contributed by atoms with E-state index in [1.54, 1.807) is 0 Å². The molecule has 2 aromatic rings. The fraction of sp³-hybridized carbons (Fsp3) is 0.462. The van der Waals surface area contributed by atoms with Gasteiger partial charge in [-0.25, -0.2) is 4.98 Å². The first kappa shape index (κ1) is 10.2. The zero-order valence-electron chi connectivity index (χ0n) is 9.48. The Hall–Kier alpha value is -1.31. The van der Waals surface area contributed by atoms with Crippen LogP contribution in [0.4, 0.5) is 0 Å². The lowest BCUT2D eigenvalue weighted by molar-refractivity contribution is 0.595. The molecule has 80 valence electrons. The van der Waals surface area contributed by atoms with Crippen molar-refractivity contribution in [1.82, 2.24) is 9.38 Å². The number of hydrogen-bond donors (Lipinski definition) is 0. The molecule has 0 aromatic carbocycles. The van der Waals surface area contributed by atoms with Crippen molar-refractivity contribution in [3.63, 3.8) is 0 Å². The first-order valence-electron chi connectivity index (χ1n) is 5.77. The number of aromatic nitrogens is 2. The molecule has 0 radical (unpaired) electrons. The molecule has 0 amide bonds. The standard InChI is InChI=1S/C13H18N2/c1-3-5-11(4-2)12-6-8-15-9-7-14-13(15)10-12/h6-11H,3-5H2,1-2H3. The van der Waals surface area contributed by atoms with E-state index in [1.165, 1.54) is 24.8 Å². The maximum absolute atomic E-state index is 4.32. The monoisotopic (exact) mass is 202 g/mol. The molecule has 0 bridgehead atoms. The largest absolute Gasteiger partial charge is 0.307 e. The van der Waals surface area contributed by atoms with Crippen molar-refractivity contribution in [2.24, 2.45) is 0 Å². The van der Waals surface area contributed by atoms with Crippen LogP contribution in [0, 0.1) is 0 Å². The van der Waals surface area contributed by atoms with Gasteiger partial charge in [0, 0.05) is 18.6 Å². The van der Waals surface area contributed by atoms with Gasteiger partial charge in [0.2, 0.25) is 0 Å². The molecule has 0 spiro atoms. The first-order chi connectivity index (χ1) is 7.35. The van der Waals surface area contributed by atoms with E-state index < -0.39 is 0 Å². The molecule has 0 fully saturated rings. The Kier molecular flexibility index (Phi) is 3.05. The molecule has 2 heterocycles. The van der Waals surface area contributed by atoms with E-state index in [0.717, 1.165) is 5.65 Å². The topological polar surface area (TPSA) is 17.3 Å². The van der Waals surface area contributed by atoms with E-state index in [1.807, 2.05) is 12.4 Å². The Morgan fingerprint density at radius 2 is 2.20 bits per heavy atom. The van der Waals surface area contributed by atoms with E-state index in [0.29, 0.717) is 5.92 Å². The Bertz CT molecular complexity index is 431. The van der Waals surface area contributed by atoms with Gasteiger partial charge in [0.05, 0.1) is 0 Å². The predicted molar refractivity (Wildman–Crippen MR) is 63.1 cm³/mol. The van der Waals surface area contributed by atoms with Crippen molar-refractivity contribution in [3.8, 4) is 0 Å². The third-order valence-electron chi connectivity index (χ3n) is 3.02. The molecule has 0 saturated heterocycles. The van der Waals surface area contributed by atoms with E-state index in [-0.39, 0.29) is 0 Å². The van der Waals surface area contributed by atoms with Gasteiger partial charge in [-0.2, -0.15) is 0 Å². The van der Waals surface area contributed by atoms with Crippen LogP contribution in [0.15, 0.2) is 30.7 Å². The van der Waals surface area contributed by atoms with Crippen molar-refractivity contribution in [2.45, 2.75) is 39.0 Å². The minimum absolute atomic E-state index is 0.691. The molecule has 2 rings (SSSR count). The van der Waals surface area contributed by atoms with Gasteiger partial charge in [0.25, 0.3) is 0 Å². The number of rotatable bonds is 4. The summed E-state index contributed by atoms with van der Waals surface area (Å²) in [5, 5.41) is 0. The van der Waals surface area contributed by atoms with Crippen molar-refractivity contribution in [1.29, 1.82) is 0 Å². The SMILES string of the molecule is CCCC(CC)c1ccn2ccnc2c1. The highest BCUT2D eigenvalue weighted by molar-refractivity contribution is 5.42. The number of nitrogens with zero attached hydrogens (tertiary/aromatic N) is 2. The third kappa shape index (κ3) is 2.04. The number of pyridine rings is 1. The highest BCUT2D eigenvalue weighted by atomic mass is 15.0. The van der Waals surface area contributed by atoms with Crippen LogP contribution in [0.3, 0.4) is 0 Å². The van der Waals surface area contributed by atoms with Crippen LogP contribution in [0.1, 0.15) is 44.6 Å². The second-order valence-electron chi connectivity index (χ2n) is 4.05. The minimum atomic E-state index is 0.691. The van der Waals surface area contributed by atoms with Crippen LogP contribution in [-0.4, -0.2) is 9.38 Å². The van der Waals surface area contributed by atoms with Crippen LogP contribution < -0.4 is 0 Å². The van der Waals surface area contributed by atoms with Crippen LogP contribution in [0.25, 0.3) is 5.65 Å². The fourth-order valence-electron chi connectivity index (χ4n) is 2.13. The summed E-state index contributed by atoms with van der Waals surface area (Å²) in [6, 6.07) is 4.43. The van der Waals surface area contributed by atoms with Crippen LogP contribution in [-0.2, 0) is 0 Å². The van der Waals surface area contributed by atoms with Crippen molar-refractivity contribution < 1.29 is 0 Å². The normalized spacial score (nSPS) is 13.2. The van der Waals surface area contributed by atoms with E-state index in [4.69, 9.17) is 0 Å². The zero-order valence-corrected chi connectivity index (χ0v) is 9.48. The number of hydrogen-bond acceptors (Lipinski definition) is 1. The molecule has 15 heavy (non-hydrogen) atoms. The van der Waals surface area contributed by atoms with Crippen LogP contribution in [0.2, 0.25) is 0 Å². The van der Waals surface area contributed by atoms with Crippen LogP contribution in [0.5, 0.6) is 0 Å². The maximum atomic E-state index is 4.32. The summed E-state index contributed by atoms with van der Waals surface area (Å²) in [4.78, 5) is 4.32. The lowest BCUT2D eigenvalue weighted by Gasteiger charge is -2.14. The Morgan fingerprint density at radius 1 is 1.33 bits per heavy atom. The van der Waals surface area contributed by atoms with E-state index in [2.05, 4.69) is 41.6 Å². The number of imidazole rings is 1. The van der Waals surface area contributed by atoms with Crippen LogP contribution >= 0.6 is 0 Å². The van der Waals surface area contributed by atoms with Gasteiger partial charge in [0.15, 0.2) is 0 Å². The van der Waals surface area contributed by atoms with Gasteiger partial charge in [-0.15, -0.1) is 0 Å². The number of fused-ring (bicyclic) bond motifs is 1. The summed E-state index contributed by atoms with van der Waals surface area (Å²) in [5.74, 6) is 0.691. The Labute approximate surface area is 91.0 Å². The van der Waals surface area contributed by atoms with Gasteiger partial charge in [-0.1, -0.05) is 20.3 Å². The summed E-state index contributed by atoms with van der Waals surface area (Å²) in [6.45, 7) is 4.51. The smallest absolute Gasteiger partial charge is 0.136 e. The summed E-state index contributed by atoms with van der Waals surface area (Å²) in [6.07, 6.45) is 9.67. The average Bonchev–Trinajstić information content (AvgIpc) is 2.72. The van der Waals surface area contributed by atoms with Crippen molar-refractivity contribution >= 4 is 5.65 Å². The summed E-state index contributed by atoms with van der Waals surface area (Å²) in [5.41, 5.74) is 2.49. The van der Waals surface area contributed by atoms with E-state index >= 15 is 0 Å². The summed E-state index contributed by atoms with van der Waals surface area (Å²) >= 11 is 0. The molecule has 1 atom stereocenters. The average molecular weight is 202 g/mol. The van der Waals surface area contributed by atoms with Crippen molar-refractivity contribution in [3.05, 3.63) is 36.3 Å². The minimum Gasteiger partial charge on any atom is -0.307 e. The highest BCUT2D eigenvalue weighted by Crippen LogP contribution is 2.25. The fourth-order valence-corrected chi connectivity index (χ4v) is 2.13. The molecule has 0 saturated carbocycles. The second-order valence-corrected chi connectivity index (χ2v) is 4.05. The molecule has 0 aliphatic carbocycles. The second kappa shape index (κ2) is 4.47. The van der Waals surface area contributed by atoms with Gasteiger partial charge < -0.3 is 4.40 Å². The molecule has 0 N–H and O–H groups in total. The molecular formula is C13H18N2. The molecule has 0 aliphatic heterocycles. The maximum Gasteiger partial charge on any atom is 0.136 e. The van der Waals surface area contributed by atoms with Gasteiger partial charge in [-0.05, 0) is 36.5 Å². The summed E-state index contributed by atoms with van der Waals surface area (Å²) < 4.78 is 2.06. The summed E-state index contributed by atoms with van der Waals surface area (Å²) in [7, 11) is 0. The van der Waals surface area contributed by atoms with Gasteiger partial charge >= 0.3 is 0 Å². The molecule has 1 unspecified atom stereocenters. The van der Waals surface area contributed by atoms with Gasteiger partial charge in [-0.3, -0.25) is 0 Å². The molecule has 0 aliphatic rings. The van der Waals surface area contributed by atoms with Crippen molar-refractivity contribution in [2.75, 3.05) is 0 Å². The lowest BCUT2D eigenvalue weighted by Crippen LogP contribution is -1.98. The lowest BCUT2D eigenvalue weighted by atomic mass is 9.93. The molecule has 2 aromatic heterocycles. The molecule has 2 nitrogen and oxygen atoms in total. The Morgan fingerprint density at radius 3 is 2.93 bits per heavy atom.